The fourth-order valence-corrected chi connectivity index (χ4v) is 4.79. The molecule has 3 aliphatic rings. The summed E-state index contributed by atoms with van der Waals surface area (Å²) in [6.07, 6.45) is 7.65. The highest BCUT2D eigenvalue weighted by molar-refractivity contribution is 7.82. The maximum Gasteiger partial charge on any atom is 0.0501 e. The van der Waals surface area contributed by atoms with E-state index in [-0.39, 0.29) is 10.2 Å². The van der Waals surface area contributed by atoms with Crippen molar-refractivity contribution < 1.29 is 5.11 Å². The molecule has 0 bridgehead atoms. The van der Waals surface area contributed by atoms with Crippen molar-refractivity contribution in [1.29, 1.82) is 0 Å². The van der Waals surface area contributed by atoms with Crippen LogP contribution in [0.25, 0.3) is 0 Å². The fourth-order valence-electron chi connectivity index (χ4n) is 3.98. The van der Waals surface area contributed by atoms with Gasteiger partial charge in [-0.25, -0.2) is 0 Å². The minimum Gasteiger partial charge on any atom is -0.396 e. The SMILES string of the molecule is CN1CCC(CO)(C(S)(C2CC2)C2CC2)CC1. The molecule has 1 N–H and O–H groups in total. The smallest absolute Gasteiger partial charge is 0.0501 e. The first-order valence-electron chi connectivity index (χ1n) is 7.14. The first-order chi connectivity index (χ1) is 8.12. The largest absolute Gasteiger partial charge is 0.396 e. The van der Waals surface area contributed by atoms with E-state index in [1.54, 1.807) is 0 Å². The minimum absolute atomic E-state index is 0.102. The number of hydrogen-bond acceptors (Lipinski definition) is 3. The Morgan fingerprint density at radius 3 is 2.00 bits per heavy atom. The fraction of sp³-hybridized carbons (Fsp3) is 1.00. The summed E-state index contributed by atoms with van der Waals surface area (Å²) >= 11 is 5.19. The Bertz CT molecular complexity index is 279. The molecule has 0 aromatic rings. The van der Waals surface area contributed by atoms with E-state index >= 15 is 0 Å². The number of hydrogen-bond donors (Lipinski definition) is 2. The second kappa shape index (κ2) is 4.14. The van der Waals surface area contributed by atoms with Crippen molar-refractivity contribution in [3.63, 3.8) is 0 Å². The Kier molecular flexibility index (Phi) is 3.00. The van der Waals surface area contributed by atoms with E-state index in [1.165, 1.54) is 25.7 Å². The van der Waals surface area contributed by atoms with Gasteiger partial charge >= 0.3 is 0 Å². The van der Waals surface area contributed by atoms with Crippen molar-refractivity contribution in [1.82, 2.24) is 4.90 Å². The third-order valence-corrected chi connectivity index (χ3v) is 6.70. The van der Waals surface area contributed by atoms with E-state index in [9.17, 15) is 5.11 Å². The van der Waals surface area contributed by atoms with Crippen molar-refractivity contribution >= 4 is 12.6 Å². The number of piperidine rings is 1. The maximum atomic E-state index is 10.0. The highest BCUT2D eigenvalue weighted by Crippen LogP contribution is 2.65. The Morgan fingerprint density at radius 1 is 1.18 bits per heavy atom. The van der Waals surface area contributed by atoms with Gasteiger partial charge in [0.2, 0.25) is 0 Å². The second-order valence-electron chi connectivity index (χ2n) is 6.62. The maximum absolute atomic E-state index is 10.0. The molecule has 2 saturated carbocycles. The van der Waals surface area contributed by atoms with Gasteiger partial charge in [0, 0.05) is 10.2 Å². The van der Waals surface area contributed by atoms with Gasteiger partial charge in [-0.3, -0.25) is 0 Å². The summed E-state index contributed by atoms with van der Waals surface area (Å²) < 4.78 is 0.142. The van der Waals surface area contributed by atoms with Gasteiger partial charge in [-0.1, -0.05) is 0 Å². The third kappa shape index (κ3) is 1.85. The first kappa shape index (κ1) is 12.3. The van der Waals surface area contributed by atoms with Crippen LogP contribution in [-0.2, 0) is 0 Å². The predicted molar refractivity (Wildman–Crippen MR) is 73.4 cm³/mol. The van der Waals surface area contributed by atoms with E-state index < -0.39 is 0 Å². The molecule has 0 amide bonds. The summed E-state index contributed by atoms with van der Waals surface area (Å²) in [6.45, 7) is 2.60. The van der Waals surface area contributed by atoms with Crippen molar-refractivity contribution in [2.24, 2.45) is 17.3 Å². The van der Waals surface area contributed by atoms with Crippen LogP contribution in [0, 0.1) is 17.3 Å². The van der Waals surface area contributed by atoms with Crippen LogP contribution in [0.2, 0.25) is 0 Å². The zero-order valence-corrected chi connectivity index (χ0v) is 11.8. The summed E-state index contributed by atoms with van der Waals surface area (Å²) in [7, 11) is 2.19. The van der Waals surface area contributed by atoms with Gasteiger partial charge in [0.05, 0.1) is 6.61 Å². The predicted octanol–water partition coefficient (Wildman–Crippen LogP) is 2.18. The zero-order valence-electron chi connectivity index (χ0n) is 10.9. The Morgan fingerprint density at radius 2 is 1.65 bits per heavy atom. The molecule has 1 saturated heterocycles. The molecule has 0 radical (unpaired) electrons. The lowest BCUT2D eigenvalue weighted by atomic mass is 9.64. The molecule has 0 atom stereocenters. The molecule has 1 aliphatic heterocycles. The van der Waals surface area contributed by atoms with Crippen LogP contribution in [0.15, 0.2) is 0 Å². The van der Waals surface area contributed by atoms with Crippen LogP contribution in [0.1, 0.15) is 38.5 Å². The molecular formula is C14H25NOS. The average molecular weight is 255 g/mol. The quantitative estimate of drug-likeness (QED) is 0.752. The lowest BCUT2D eigenvalue weighted by Crippen LogP contribution is -2.55. The third-order valence-electron chi connectivity index (χ3n) is 5.50. The highest BCUT2D eigenvalue weighted by atomic mass is 32.1. The number of nitrogens with zero attached hydrogens (tertiary/aromatic N) is 1. The summed E-state index contributed by atoms with van der Waals surface area (Å²) in [5.74, 6) is 1.57. The lowest BCUT2D eigenvalue weighted by molar-refractivity contribution is 0.00343. The number of aliphatic hydroxyl groups is 1. The topological polar surface area (TPSA) is 23.5 Å². The molecule has 3 heteroatoms. The molecule has 0 aromatic carbocycles. The lowest BCUT2D eigenvalue weighted by Gasteiger charge is -2.52. The van der Waals surface area contributed by atoms with E-state index in [4.69, 9.17) is 12.6 Å². The number of thiol groups is 1. The Hall–Kier alpha value is 0.270. The van der Waals surface area contributed by atoms with Gasteiger partial charge in [0.25, 0.3) is 0 Å². The molecule has 1 heterocycles. The average Bonchev–Trinajstić information content (AvgIpc) is 3.21. The summed E-state index contributed by atoms with van der Waals surface area (Å²) in [6, 6.07) is 0. The number of likely N-dealkylation sites (tertiary alicyclic amines) is 1. The van der Waals surface area contributed by atoms with Crippen LogP contribution in [0.3, 0.4) is 0 Å². The number of aliphatic hydroxyl groups excluding tert-OH is 1. The Labute approximate surface area is 110 Å². The van der Waals surface area contributed by atoms with Gasteiger partial charge in [0.1, 0.15) is 0 Å². The molecule has 0 spiro atoms. The molecule has 2 nitrogen and oxygen atoms in total. The summed E-state index contributed by atoms with van der Waals surface area (Å²) in [5.41, 5.74) is 0.102. The highest BCUT2D eigenvalue weighted by Gasteiger charge is 2.62. The van der Waals surface area contributed by atoms with Gasteiger partial charge in [0.15, 0.2) is 0 Å². The van der Waals surface area contributed by atoms with E-state index in [1.807, 2.05) is 0 Å². The van der Waals surface area contributed by atoms with Crippen LogP contribution in [0.4, 0.5) is 0 Å². The molecular weight excluding hydrogens is 230 g/mol. The van der Waals surface area contributed by atoms with Gasteiger partial charge in [-0.05, 0) is 70.5 Å². The summed E-state index contributed by atoms with van der Waals surface area (Å²) in [4.78, 5) is 2.39. The molecule has 98 valence electrons. The normalized spacial score (nSPS) is 30.5. The van der Waals surface area contributed by atoms with Crippen molar-refractivity contribution in [2.75, 3.05) is 26.7 Å². The number of rotatable bonds is 4. The monoisotopic (exact) mass is 255 g/mol. The van der Waals surface area contributed by atoms with Crippen molar-refractivity contribution in [2.45, 2.75) is 43.3 Å². The zero-order chi connectivity index (χ0) is 12.1. The molecule has 0 unspecified atom stereocenters. The van der Waals surface area contributed by atoms with Crippen LogP contribution < -0.4 is 0 Å². The van der Waals surface area contributed by atoms with Gasteiger partial charge < -0.3 is 10.0 Å². The van der Waals surface area contributed by atoms with E-state index in [0.29, 0.717) is 6.61 Å². The summed E-state index contributed by atoms with van der Waals surface area (Å²) in [5, 5.41) is 10.0. The standard InChI is InChI=1S/C14H25NOS/c1-15-8-6-13(10-16,7-9-15)14(17,11-2-3-11)12-4-5-12/h11-12,16-17H,2-10H2,1H3. The Balaban J connectivity index is 1.86. The molecule has 0 aromatic heterocycles. The van der Waals surface area contributed by atoms with Crippen molar-refractivity contribution in [3.8, 4) is 0 Å². The minimum atomic E-state index is 0.102. The molecule has 3 fully saturated rings. The van der Waals surface area contributed by atoms with Crippen LogP contribution >= 0.6 is 12.6 Å². The second-order valence-corrected chi connectivity index (χ2v) is 7.36. The van der Waals surface area contributed by atoms with Gasteiger partial charge in [-0.2, -0.15) is 12.6 Å². The van der Waals surface area contributed by atoms with Crippen LogP contribution in [-0.4, -0.2) is 41.5 Å². The van der Waals surface area contributed by atoms with Gasteiger partial charge in [-0.15, -0.1) is 0 Å². The molecule has 17 heavy (non-hydrogen) atoms. The van der Waals surface area contributed by atoms with Crippen molar-refractivity contribution in [3.05, 3.63) is 0 Å². The van der Waals surface area contributed by atoms with Crippen LogP contribution in [0.5, 0.6) is 0 Å². The first-order valence-corrected chi connectivity index (χ1v) is 7.59. The van der Waals surface area contributed by atoms with E-state index in [0.717, 1.165) is 37.8 Å². The van der Waals surface area contributed by atoms with E-state index in [2.05, 4.69) is 11.9 Å². The molecule has 3 rings (SSSR count). The molecule has 2 aliphatic carbocycles.